The van der Waals surface area contributed by atoms with Crippen molar-refractivity contribution in [2.24, 2.45) is 0 Å². The molecule has 3 rings (SSSR count). The molecule has 3 aromatic rings. The van der Waals surface area contributed by atoms with Crippen LogP contribution in [0.1, 0.15) is 48.0 Å². The summed E-state index contributed by atoms with van der Waals surface area (Å²) in [5.41, 5.74) is 2.82. The molecule has 0 spiro atoms. The number of unbranched alkanes of at least 4 members (excludes halogenated alkanes) is 3. The predicted molar refractivity (Wildman–Crippen MR) is 136 cm³/mol. The Morgan fingerprint density at radius 2 is 2.00 bits per heavy atom. The van der Waals surface area contributed by atoms with Gasteiger partial charge >= 0.3 is 5.97 Å². The van der Waals surface area contributed by atoms with Crippen molar-refractivity contribution >= 4 is 51.8 Å². The van der Waals surface area contributed by atoms with Gasteiger partial charge in [0.05, 0.1) is 33.6 Å². The minimum absolute atomic E-state index is 0.342. The summed E-state index contributed by atoms with van der Waals surface area (Å²) in [5.74, 6) is -0.391. The Morgan fingerprint density at radius 3 is 2.76 bits per heavy atom. The van der Waals surface area contributed by atoms with Gasteiger partial charge in [0, 0.05) is 17.1 Å². The second-order valence-electron chi connectivity index (χ2n) is 7.22. The van der Waals surface area contributed by atoms with Gasteiger partial charge in [0.2, 0.25) is 0 Å². The van der Waals surface area contributed by atoms with E-state index < -0.39 is 5.97 Å². The Bertz CT molecular complexity index is 1180. The molecule has 0 fully saturated rings. The van der Waals surface area contributed by atoms with Crippen LogP contribution in [-0.4, -0.2) is 17.6 Å². The molecule has 0 amide bonds. The highest BCUT2D eigenvalue weighted by Crippen LogP contribution is 2.31. The normalized spacial score (nSPS) is 11.2. The number of benzene rings is 2. The number of anilines is 1. The number of ether oxygens (including phenoxy) is 1. The molecule has 5 nitrogen and oxygen atoms in total. The Balaban J connectivity index is 1.72. The van der Waals surface area contributed by atoms with Crippen molar-refractivity contribution in [3.05, 3.63) is 74.7 Å². The van der Waals surface area contributed by atoms with Gasteiger partial charge < -0.3 is 10.1 Å². The quantitative estimate of drug-likeness (QED) is 0.174. The lowest BCUT2D eigenvalue weighted by Crippen LogP contribution is -2.09. The highest BCUT2D eigenvalue weighted by Gasteiger charge is 2.14. The molecule has 1 aromatic heterocycles. The smallest absolute Gasteiger partial charge is 0.340 e. The molecule has 0 atom stereocenters. The number of nitrogens with one attached hydrogen (secondary N) is 1. The van der Waals surface area contributed by atoms with E-state index in [1.165, 1.54) is 11.3 Å². The zero-order valence-electron chi connectivity index (χ0n) is 18.1. The van der Waals surface area contributed by atoms with Gasteiger partial charge in [0.15, 0.2) is 0 Å². The molecule has 8 heteroatoms. The molecule has 0 bridgehead atoms. The second kappa shape index (κ2) is 12.4. The molecule has 33 heavy (non-hydrogen) atoms. The number of esters is 1. The molecule has 0 aliphatic rings. The average Bonchev–Trinajstić information content (AvgIpc) is 3.31. The first-order valence-corrected chi connectivity index (χ1v) is 12.2. The van der Waals surface area contributed by atoms with Crippen molar-refractivity contribution < 1.29 is 9.53 Å². The number of halogens is 2. The molecule has 0 aliphatic carbocycles. The first-order chi connectivity index (χ1) is 16.0. The van der Waals surface area contributed by atoms with Crippen LogP contribution in [0.5, 0.6) is 0 Å². The summed E-state index contributed by atoms with van der Waals surface area (Å²) < 4.78 is 5.41. The van der Waals surface area contributed by atoms with Gasteiger partial charge in [-0.1, -0.05) is 67.6 Å². The van der Waals surface area contributed by atoms with Crippen LogP contribution in [0.4, 0.5) is 5.69 Å². The lowest BCUT2D eigenvalue weighted by atomic mass is 10.1. The Morgan fingerprint density at radius 1 is 1.18 bits per heavy atom. The van der Waals surface area contributed by atoms with Crippen molar-refractivity contribution in [1.82, 2.24) is 4.98 Å². The fraction of sp³-hybridized carbons (Fsp3) is 0.240. The molecule has 0 radical (unpaired) electrons. The van der Waals surface area contributed by atoms with Crippen molar-refractivity contribution in [3.63, 3.8) is 0 Å². The van der Waals surface area contributed by atoms with Crippen LogP contribution in [0.2, 0.25) is 10.0 Å². The van der Waals surface area contributed by atoms with Crippen molar-refractivity contribution in [2.45, 2.75) is 32.6 Å². The first-order valence-electron chi connectivity index (χ1n) is 10.6. The maximum atomic E-state index is 12.5. The maximum Gasteiger partial charge on any atom is 0.340 e. The van der Waals surface area contributed by atoms with Gasteiger partial charge in [-0.3, -0.25) is 0 Å². The van der Waals surface area contributed by atoms with E-state index in [-0.39, 0.29) is 0 Å². The van der Waals surface area contributed by atoms with E-state index in [1.54, 1.807) is 36.5 Å². The van der Waals surface area contributed by atoms with E-state index >= 15 is 0 Å². The van der Waals surface area contributed by atoms with E-state index in [0.717, 1.165) is 31.2 Å². The molecule has 2 aromatic carbocycles. The zero-order chi connectivity index (χ0) is 23.6. The largest absolute Gasteiger partial charge is 0.462 e. The van der Waals surface area contributed by atoms with Crippen molar-refractivity contribution in [3.8, 4) is 17.3 Å². The third-order valence-electron chi connectivity index (χ3n) is 4.82. The third kappa shape index (κ3) is 6.82. The standard InChI is InChI=1S/C25H23Cl2N3O2S/c1-2-3-4-7-12-32-25(31)19-8-5-6-9-22(19)29-15-18(14-28)24-30-23(16-33-24)17-10-11-20(26)21(27)13-17/h5-6,8-11,13,15-16,29H,2-4,7,12H2,1H3/b18-15+. The summed E-state index contributed by atoms with van der Waals surface area (Å²) in [6, 6.07) is 14.5. The summed E-state index contributed by atoms with van der Waals surface area (Å²) in [4.78, 5) is 17.1. The van der Waals surface area contributed by atoms with Gasteiger partial charge in [-0.15, -0.1) is 11.3 Å². The van der Waals surface area contributed by atoms with Crippen LogP contribution in [0.25, 0.3) is 16.8 Å². The van der Waals surface area contributed by atoms with E-state index in [9.17, 15) is 10.1 Å². The summed E-state index contributed by atoms with van der Waals surface area (Å²) in [6.45, 7) is 2.53. The molecule has 1 N–H and O–H groups in total. The molecular weight excluding hydrogens is 477 g/mol. The number of allylic oxidation sites excluding steroid dienone is 1. The van der Waals surface area contributed by atoms with E-state index in [4.69, 9.17) is 27.9 Å². The third-order valence-corrected chi connectivity index (χ3v) is 6.44. The molecule has 0 aliphatic heterocycles. The number of hydrogen-bond acceptors (Lipinski definition) is 6. The summed E-state index contributed by atoms with van der Waals surface area (Å²) >= 11 is 13.4. The molecule has 1 heterocycles. The minimum Gasteiger partial charge on any atom is -0.462 e. The number of carbonyl (C=O) groups is 1. The van der Waals surface area contributed by atoms with Crippen molar-refractivity contribution in [1.29, 1.82) is 5.26 Å². The molecule has 170 valence electrons. The highest BCUT2D eigenvalue weighted by molar-refractivity contribution is 7.11. The molecular formula is C25H23Cl2N3O2S. The molecule has 0 unspecified atom stereocenters. The molecule has 0 saturated carbocycles. The Labute approximate surface area is 207 Å². The van der Waals surface area contributed by atoms with Crippen LogP contribution in [0.3, 0.4) is 0 Å². The zero-order valence-corrected chi connectivity index (χ0v) is 20.4. The number of carbonyl (C=O) groups excluding carboxylic acids is 1. The fourth-order valence-electron chi connectivity index (χ4n) is 3.04. The number of thiazole rings is 1. The second-order valence-corrected chi connectivity index (χ2v) is 8.90. The van der Waals surface area contributed by atoms with Crippen LogP contribution >= 0.6 is 34.5 Å². The topological polar surface area (TPSA) is 75.0 Å². The lowest BCUT2D eigenvalue weighted by molar-refractivity contribution is 0.0499. The van der Waals surface area contributed by atoms with E-state index in [1.807, 2.05) is 17.5 Å². The number of hydrogen-bond donors (Lipinski definition) is 1. The van der Waals surface area contributed by atoms with Crippen LogP contribution in [0.15, 0.2) is 54.0 Å². The number of aromatic nitrogens is 1. The van der Waals surface area contributed by atoms with Gasteiger partial charge in [0.1, 0.15) is 16.6 Å². The average molecular weight is 500 g/mol. The molecule has 0 saturated heterocycles. The van der Waals surface area contributed by atoms with E-state index in [2.05, 4.69) is 23.3 Å². The van der Waals surface area contributed by atoms with Gasteiger partial charge in [-0.2, -0.15) is 5.26 Å². The number of nitrogens with zero attached hydrogens (tertiary/aromatic N) is 2. The van der Waals surface area contributed by atoms with Crippen molar-refractivity contribution in [2.75, 3.05) is 11.9 Å². The first kappa shape index (κ1) is 24.8. The number of nitriles is 1. The SMILES string of the molecule is CCCCCCOC(=O)c1ccccc1N/C=C(\C#N)c1nc(-c2ccc(Cl)c(Cl)c2)cs1. The minimum atomic E-state index is -0.391. The number of para-hydroxylation sites is 1. The van der Waals surface area contributed by atoms with E-state index in [0.29, 0.717) is 44.2 Å². The lowest BCUT2D eigenvalue weighted by Gasteiger charge is -2.09. The highest BCUT2D eigenvalue weighted by atomic mass is 35.5. The predicted octanol–water partition coefficient (Wildman–Crippen LogP) is 7.83. The summed E-state index contributed by atoms with van der Waals surface area (Å²) in [5, 5.41) is 16.0. The van der Waals surface area contributed by atoms with Crippen LogP contribution < -0.4 is 5.32 Å². The van der Waals surface area contributed by atoms with Crippen LogP contribution in [0, 0.1) is 11.3 Å². The summed E-state index contributed by atoms with van der Waals surface area (Å²) in [6.07, 6.45) is 5.68. The van der Waals surface area contributed by atoms with Gasteiger partial charge in [-0.05, 0) is 30.7 Å². The maximum absolute atomic E-state index is 12.5. The Hall–Kier alpha value is -2.85. The van der Waals surface area contributed by atoms with Gasteiger partial charge in [-0.25, -0.2) is 9.78 Å². The fourth-order valence-corrected chi connectivity index (χ4v) is 4.13. The number of rotatable bonds is 10. The van der Waals surface area contributed by atoms with Gasteiger partial charge in [0.25, 0.3) is 0 Å². The monoisotopic (exact) mass is 499 g/mol. The summed E-state index contributed by atoms with van der Waals surface area (Å²) in [7, 11) is 0. The Kier molecular flexibility index (Phi) is 9.32. The van der Waals surface area contributed by atoms with Crippen LogP contribution in [-0.2, 0) is 4.74 Å².